The van der Waals surface area contributed by atoms with Crippen molar-refractivity contribution in [1.82, 2.24) is 19.6 Å². The number of nitrogens with zero attached hydrogens (tertiary/aromatic N) is 4. The third-order valence-electron chi connectivity index (χ3n) is 2.53. The van der Waals surface area contributed by atoms with Gasteiger partial charge in [-0.2, -0.15) is 0 Å². The Balaban J connectivity index is 1.91. The van der Waals surface area contributed by atoms with E-state index in [-0.39, 0.29) is 0 Å². The quantitative estimate of drug-likeness (QED) is 0.409. The van der Waals surface area contributed by atoms with Gasteiger partial charge in [0.05, 0.1) is 33.3 Å². The van der Waals surface area contributed by atoms with Crippen molar-refractivity contribution in [2.24, 2.45) is 0 Å². The summed E-state index contributed by atoms with van der Waals surface area (Å²) in [5.41, 5.74) is 0. The van der Waals surface area contributed by atoms with E-state index in [9.17, 15) is 0 Å². The molecule has 4 heterocycles. The summed E-state index contributed by atoms with van der Waals surface area (Å²) in [5, 5.41) is 0.482. The Kier molecular flexibility index (Phi) is 1.34. The summed E-state index contributed by atoms with van der Waals surface area (Å²) in [6, 6.07) is 0. The summed E-state index contributed by atoms with van der Waals surface area (Å²) < 4.78 is 0. The fraction of sp³-hybridized carbons (Fsp3) is 1.00. The molecular weight excluding hydrogens is 208 g/mol. The van der Waals surface area contributed by atoms with Crippen LogP contribution in [-0.4, -0.2) is 58.0 Å². The van der Waals surface area contributed by atoms with Crippen LogP contribution < -0.4 is 0 Å². The average molecular weight is 219 g/mol. The topological polar surface area (TPSA) is 13.0 Å². The third-order valence-corrected chi connectivity index (χ3v) is 3.69. The molecule has 0 atom stereocenters. The summed E-state index contributed by atoms with van der Waals surface area (Å²) in [4.78, 5) is 9.75. The highest BCUT2D eigenvalue weighted by molar-refractivity contribution is 9.09. The molecule has 0 unspecified atom stereocenters. The SMILES string of the molecule is BrC1N2CN3CN(C2)CN1C3. The fourth-order valence-corrected chi connectivity index (χ4v) is 2.69. The molecule has 0 N–H and O–H groups in total. The molecule has 0 aromatic rings. The van der Waals surface area contributed by atoms with Gasteiger partial charge in [-0.1, -0.05) is 15.9 Å². The van der Waals surface area contributed by atoms with E-state index in [1.54, 1.807) is 0 Å². The number of halogens is 1. The predicted molar refractivity (Wildman–Crippen MR) is 44.4 cm³/mol. The minimum absolute atomic E-state index is 0.482. The lowest BCUT2D eigenvalue weighted by molar-refractivity contribution is -0.204. The largest absolute Gasteiger partial charge is 0.264 e. The Morgan fingerprint density at radius 1 is 0.818 bits per heavy atom. The van der Waals surface area contributed by atoms with Crippen molar-refractivity contribution in [3.63, 3.8) is 0 Å². The summed E-state index contributed by atoms with van der Waals surface area (Å²) in [7, 11) is 0. The minimum atomic E-state index is 0.482. The molecule has 0 radical (unpaired) electrons. The van der Waals surface area contributed by atoms with Crippen LogP contribution >= 0.6 is 15.9 Å². The molecule has 4 saturated heterocycles. The Labute approximate surface area is 74.5 Å². The van der Waals surface area contributed by atoms with Crippen molar-refractivity contribution in [2.45, 2.75) is 5.08 Å². The molecule has 4 aliphatic heterocycles. The van der Waals surface area contributed by atoms with E-state index in [1.807, 2.05) is 0 Å². The lowest BCUT2D eigenvalue weighted by Crippen LogP contribution is -2.74. The van der Waals surface area contributed by atoms with Crippen molar-refractivity contribution >= 4 is 15.9 Å². The van der Waals surface area contributed by atoms with Crippen molar-refractivity contribution in [3.05, 3.63) is 0 Å². The van der Waals surface area contributed by atoms with Gasteiger partial charge in [0.15, 0.2) is 0 Å². The van der Waals surface area contributed by atoms with Crippen LogP contribution in [-0.2, 0) is 0 Å². The van der Waals surface area contributed by atoms with Gasteiger partial charge in [0.25, 0.3) is 0 Å². The minimum Gasteiger partial charge on any atom is -0.264 e. The van der Waals surface area contributed by atoms with Gasteiger partial charge in [-0.05, 0) is 0 Å². The first kappa shape index (κ1) is 6.80. The van der Waals surface area contributed by atoms with Crippen LogP contribution in [0.3, 0.4) is 0 Å². The van der Waals surface area contributed by atoms with Crippen LogP contribution in [0.2, 0.25) is 0 Å². The number of rotatable bonds is 0. The standard InChI is InChI=1S/C6H11BrN4/c7-6-10-2-8-1-9(4-10)5-11(6)3-8/h6H,1-5H2. The molecule has 0 spiro atoms. The van der Waals surface area contributed by atoms with Gasteiger partial charge in [0.1, 0.15) is 5.08 Å². The van der Waals surface area contributed by atoms with Crippen molar-refractivity contribution in [2.75, 3.05) is 33.3 Å². The summed E-state index contributed by atoms with van der Waals surface area (Å²) in [6.45, 7) is 5.67. The Hall–Kier alpha value is 0.320. The molecule has 4 fully saturated rings. The molecule has 0 amide bonds. The summed E-state index contributed by atoms with van der Waals surface area (Å²) >= 11 is 3.68. The predicted octanol–water partition coefficient (Wildman–Crippen LogP) is -0.299. The zero-order valence-corrected chi connectivity index (χ0v) is 7.87. The zero-order chi connectivity index (χ0) is 7.42. The van der Waals surface area contributed by atoms with E-state index in [2.05, 4.69) is 35.5 Å². The second kappa shape index (κ2) is 2.17. The second-order valence-corrected chi connectivity index (χ2v) is 4.36. The third kappa shape index (κ3) is 0.891. The van der Waals surface area contributed by atoms with Gasteiger partial charge in [-0.15, -0.1) is 0 Å². The fourth-order valence-electron chi connectivity index (χ4n) is 2.17. The second-order valence-electron chi connectivity index (χ2n) is 3.54. The Morgan fingerprint density at radius 3 is 1.73 bits per heavy atom. The Bertz CT molecular complexity index is 157. The van der Waals surface area contributed by atoms with Crippen LogP contribution in [0.25, 0.3) is 0 Å². The molecule has 62 valence electrons. The maximum atomic E-state index is 3.68. The van der Waals surface area contributed by atoms with Crippen molar-refractivity contribution < 1.29 is 0 Å². The lowest BCUT2D eigenvalue weighted by Gasteiger charge is -2.58. The van der Waals surface area contributed by atoms with Gasteiger partial charge in [-0.25, -0.2) is 0 Å². The van der Waals surface area contributed by atoms with Gasteiger partial charge in [-0.3, -0.25) is 19.6 Å². The van der Waals surface area contributed by atoms with Gasteiger partial charge < -0.3 is 0 Å². The van der Waals surface area contributed by atoms with Crippen LogP contribution in [0.5, 0.6) is 0 Å². The molecule has 0 aromatic carbocycles. The smallest absolute Gasteiger partial charge is 0.124 e. The average Bonchev–Trinajstić information content (AvgIpc) is 1.98. The molecule has 4 aliphatic rings. The van der Waals surface area contributed by atoms with Crippen LogP contribution in [0.1, 0.15) is 0 Å². The number of hydrogen-bond donors (Lipinski definition) is 0. The highest BCUT2D eigenvalue weighted by atomic mass is 79.9. The van der Waals surface area contributed by atoms with E-state index < -0.39 is 0 Å². The van der Waals surface area contributed by atoms with Gasteiger partial charge >= 0.3 is 0 Å². The van der Waals surface area contributed by atoms with Gasteiger partial charge in [0.2, 0.25) is 0 Å². The van der Waals surface area contributed by atoms with E-state index in [0.717, 1.165) is 33.3 Å². The lowest BCUT2D eigenvalue weighted by atomic mass is 10.4. The van der Waals surface area contributed by atoms with Crippen LogP contribution in [0.4, 0.5) is 0 Å². The number of alkyl halides is 1. The van der Waals surface area contributed by atoms with Crippen LogP contribution in [0.15, 0.2) is 0 Å². The summed E-state index contributed by atoms with van der Waals surface area (Å²) in [5.74, 6) is 0. The van der Waals surface area contributed by atoms with Crippen molar-refractivity contribution in [3.8, 4) is 0 Å². The van der Waals surface area contributed by atoms with E-state index in [0.29, 0.717) is 5.08 Å². The molecule has 4 nitrogen and oxygen atoms in total. The molecular formula is C6H11BrN4. The van der Waals surface area contributed by atoms with E-state index in [1.165, 1.54) is 0 Å². The molecule has 4 rings (SSSR count). The molecule has 0 aliphatic carbocycles. The molecule has 5 heteroatoms. The van der Waals surface area contributed by atoms with E-state index >= 15 is 0 Å². The number of hydrogen-bond acceptors (Lipinski definition) is 4. The molecule has 11 heavy (non-hydrogen) atoms. The maximum Gasteiger partial charge on any atom is 0.124 e. The van der Waals surface area contributed by atoms with Crippen molar-refractivity contribution in [1.29, 1.82) is 0 Å². The normalized spacial score (nSPS) is 60.3. The van der Waals surface area contributed by atoms with Gasteiger partial charge in [0, 0.05) is 0 Å². The Morgan fingerprint density at radius 2 is 1.27 bits per heavy atom. The summed E-state index contributed by atoms with van der Waals surface area (Å²) in [6.07, 6.45) is 0. The first-order valence-electron chi connectivity index (χ1n) is 3.90. The first-order chi connectivity index (χ1) is 5.33. The first-order valence-corrected chi connectivity index (χ1v) is 4.81. The molecule has 0 saturated carbocycles. The molecule has 0 aromatic heterocycles. The van der Waals surface area contributed by atoms with Crippen LogP contribution in [0, 0.1) is 0 Å². The highest BCUT2D eigenvalue weighted by Gasteiger charge is 2.42. The van der Waals surface area contributed by atoms with E-state index in [4.69, 9.17) is 0 Å². The highest BCUT2D eigenvalue weighted by Crippen LogP contribution is 2.28. The zero-order valence-electron chi connectivity index (χ0n) is 6.28. The maximum absolute atomic E-state index is 3.68. The molecule has 4 bridgehead atoms. The monoisotopic (exact) mass is 218 g/mol.